The van der Waals surface area contributed by atoms with Gasteiger partial charge in [0.25, 0.3) is 0 Å². The summed E-state index contributed by atoms with van der Waals surface area (Å²) in [5.41, 5.74) is 0.673. The molecule has 4 heteroatoms. The van der Waals surface area contributed by atoms with Gasteiger partial charge in [0.2, 0.25) is 0 Å². The fourth-order valence-corrected chi connectivity index (χ4v) is 3.01. The highest BCUT2D eigenvalue weighted by Gasteiger charge is 2.19. The zero-order valence-corrected chi connectivity index (χ0v) is 12.8. The van der Waals surface area contributed by atoms with Gasteiger partial charge in [0, 0.05) is 18.2 Å². The van der Waals surface area contributed by atoms with Crippen LogP contribution in [0.3, 0.4) is 0 Å². The minimum atomic E-state index is -0.294. The maximum atomic E-state index is 14.1. The Bertz CT molecular complexity index is 421. The van der Waals surface area contributed by atoms with Crippen LogP contribution in [0.2, 0.25) is 5.02 Å². The lowest BCUT2D eigenvalue weighted by Gasteiger charge is -2.20. The Hall–Kier alpha value is -0.640. The second-order valence-electron chi connectivity index (χ2n) is 5.32. The fraction of sp³-hybridized carbons (Fsp3) is 0.625. The van der Waals surface area contributed by atoms with Crippen molar-refractivity contribution in [3.63, 3.8) is 0 Å². The molecule has 0 amide bonds. The number of nitrogens with one attached hydrogen (secondary N) is 1. The Morgan fingerprint density at radius 3 is 3.05 bits per heavy atom. The third-order valence-electron chi connectivity index (χ3n) is 3.85. The monoisotopic (exact) mass is 299 g/mol. The molecule has 1 aromatic rings. The molecule has 1 aromatic carbocycles. The first-order valence-electron chi connectivity index (χ1n) is 7.51. The highest BCUT2D eigenvalue weighted by atomic mass is 35.5. The van der Waals surface area contributed by atoms with Crippen molar-refractivity contribution >= 4 is 11.6 Å². The molecule has 2 atom stereocenters. The number of ether oxygens (including phenoxy) is 1. The van der Waals surface area contributed by atoms with Crippen LogP contribution in [0.15, 0.2) is 18.2 Å². The smallest absolute Gasteiger partial charge is 0.146 e. The molecule has 0 spiro atoms. The van der Waals surface area contributed by atoms with E-state index < -0.39 is 0 Å². The average Bonchev–Trinajstić information content (AvgIpc) is 2.94. The summed E-state index contributed by atoms with van der Waals surface area (Å²) < 4.78 is 19.7. The minimum absolute atomic E-state index is 0.0279. The van der Waals surface area contributed by atoms with Crippen molar-refractivity contribution < 1.29 is 9.13 Å². The van der Waals surface area contributed by atoms with E-state index in [2.05, 4.69) is 5.32 Å². The molecule has 1 saturated heterocycles. The van der Waals surface area contributed by atoms with Gasteiger partial charge in [-0.1, -0.05) is 30.7 Å². The lowest BCUT2D eigenvalue weighted by Crippen LogP contribution is -2.22. The van der Waals surface area contributed by atoms with E-state index in [0.717, 1.165) is 38.8 Å². The molecule has 0 aromatic heterocycles. The first-order valence-corrected chi connectivity index (χ1v) is 7.89. The Kier molecular flexibility index (Phi) is 6.27. The molecular weight excluding hydrogens is 277 g/mol. The van der Waals surface area contributed by atoms with Crippen molar-refractivity contribution in [2.75, 3.05) is 13.2 Å². The van der Waals surface area contributed by atoms with E-state index >= 15 is 0 Å². The highest BCUT2D eigenvalue weighted by Crippen LogP contribution is 2.28. The van der Waals surface area contributed by atoms with E-state index in [1.807, 2.05) is 19.1 Å². The predicted octanol–water partition coefficient (Wildman–Crippen LogP) is 4.48. The van der Waals surface area contributed by atoms with Crippen LogP contribution in [0.25, 0.3) is 0 Å². The Morgan fingerprint density at radius 2 is 2.35 bits per heavy atom. The fourth-order valence-electron chi connectivity index (χ4n) is 2.83. The summed E-state index contributed by atoms with van der Waals surface area (Å²) in [6, 6.07) is 5.25. The molecule has 2 nitrogen and oxygen atoms in total. The quantitative estimate of drug-likeness (QED) is 0.801. The van der Waals surface area contributed by atoms with Crippen LogP contribution in [-0.4, -0.2) is 19.3 Å². The van der Waals surface area contributed by atoms with Crippen LogP contribution >= 0.6 is 11.6 Å². The Balaban J connectivity index is 1.93. The van der Waals surface area contributed by atoms with Gasteiger partial charge in [-0.15, -0.1) is 0 Å². The summed E-state index contributed by atoms with van der Waals surface area (Å²) in [6.07, 6.45) is 5.74. The molecule has 0 aliphatic carbocycles. The number of hydrogen-bond acceptors (Lipinski definition) is 2. The van der Waals surface area contributed by atoms with Crippen molar-refractivity contribution in [3.8, 4) is 0 Å². The molecule has 20 heavy (non-hydrogen) atoms. The molecule has 1 aliphatic rings. The first-order chi connectivity index (χ1) is 9.72. The zero-order valence-electron chi connectivity index (χ0n) is 12.0. The maximum absolute atomic E-state index is 14.1. The molecule has 2 rings (SSSR count). The molecule has 1 fully saturated rings. The summed E-state index contributed by atoms with van der Waals surface area (Å²) in [5.74, 6) is -0.294. The minimum Gasteiger partial charge on any atom is -0.378 e. The van der Waals surface area contributed by atoms with Gasteiger partial charge >= 0.3 is 0 Å². The maximum Gasteiger partial charge on any atom is 0.146 e. The average molecular weight is 300 g/mol. The lowest BCUT2D eigenvalue weighted by molar-refractivity contribution is 0.101. The predicted molar refractivity (Wildman–Crippen MR) is 80.7 cm³/mol. The number of rotatable bonds is 7. The first kappa shape index (κ1) is 15.7. The summed E-state index contributed by atoms with van der Waals surface area (Å²) in [5, 5.41) is 3.55. The van der Waals surface area contributed by atoms with Crippen molar-refractivity contribution in [2.45, 2.75) is 51.2 Å². The SMILES string of the molecule is CCNC(CCCC1CCCO1)c1cccc(Cl)c1F. The van der Waals surface area contributed by atoms with Crippen molar-refractivity contribution in [1.29, 1.82) is 0 Å². The van der Waals surface area contributed by atoms with Crippen LogP contribution in [-0.2, 0) is 4.74 Å². The number of halogens is 2. The summed E-state index contributed by atoms with van der Waals surface area (Å²) >= 11 is 5.87. The zero-order chi connectivity index (χ0) is 14.4. The van der Waals surface area contributed by atoms with Crippen LogP contribution in [0.1, 0.15) is 50.6 Å². The molecule has 2 unspecified atom stereocenters. The van der Waals surface area contributed by atoms with Gasteiger partial charge < -0.3 is 10.1 Å². The molecule has 1 N–H and O–H groups in total. The molecule has 0 radical (unpaired) electrons. The van der Waals surface area contributed by atoms with Gasteiger partial charge in [0.15, 0.2) is 0 Å². The van der Waals surface area contributed by atoms with Crippen LogP contribution < -0.4 is 5.32 Å². The standard InChI is InChI=1S/C16H23ClFNO/c1-2-19-15(10-3-6-12-7-5-11-20-12)13-8-4-9-14(17)16(13)18/h4,8-9,12,15,19H,2-3,5-7,10-11H2,1H3. The summed E-state index contributed by atoms with van der Waals surface area (Å²) in [4.78, 5) is 0. The van der Waals surface area contributed by atoms with Gasteiger partial charge in [-0.2, -0.15) is 0 Å². The second-order valence-corrected chi connectivity index (χ2v) is 5.73. The van der Waals surface area contributed by atoms with Crippen LogP contribution in [0.4, 0.5) is 4.39 Å². The second kappa shape index (κ2) is 7.96. The van der Waals surface area contributed by atoms with E-state index in [0.29, 0.717) is 11.7 Å². The number of benzene rings is 1. The normalized spacial score (nSPS) is 20.2. The third-order valence-corrected chi connectivity index (χ3v) is 4.14. The van der Waals surface area contributed by atoms with E-state index in [1.165, 1.54) is 6.42 Å². The van der Waals surface area contributed by atoms with E-state index in [-0.39, 0.29) is 16.9 Å². The van der Waals surface area contributed by atoms with E-state index in [1.54, 1.807) is 6.07 Å². The summed E-state index contributed by atoms with van der Waals surface area (Å²) in [6.45, 7) is 3.75. The van der Waals surface area contributed by atoms with Crippen molar-refractivity contribution in [2.24, 2.45) is 0 Å². The number of hydrogen-bond donors (Lipinski definition) is 1. The van der Waals surface area contributed by atoms with Gasteiger partial charge in [-0.25, -0.2) is 4.39 Å². The summed E-state index contributed by atoms with van der Waals surface area (Å²) in [7, 11) is 0. The largest absolute Gasteiger partial charge is 0.378 e. The Morgan fingerprint density at radius 1 is 1.50 bits per heavy atom. The molecule has 1 heterocycles. The molecule has 0 saturated carbocycles. The topological polar surface area (TPSA) is 21.3 Å². The molecule has 1 aliphatic heterocycles. The van der Waals surface area contributed by atoms with Crippen LogP contribution in [0, 0.1) is 5.82 Å². The molecule has 0 bridgehead atoms. The van der Waals surface area contributed by atoms with Crippen molar-refractivity contribution in [1.82, 2.24) is 5.32 Å². The van der Waals surface area contributed by atoms with Gasteiger partial charge in [-0.3, -0.25) is 0 Å². The van der Waals surface area contributed by atoms with Gasteiger partial charge in [0.1, 0.15) is 5.82 Å². The lowest BCUT2D eigenvalue weighted by atomic mass is 9.98. The van der Waals surface area contributed by atoms with Crippen LogP contribution in [0.5, 0.6) is 0 Å². The van der Waals surface area contributed by atoms with Gasteiger partial charge in [-0.05, 0) is 44.7 Å². The molecule has 112 valence electrons. The van der Waals surface area contributed by atoms with Crippen molar-refractivity contribution in [3.05, 3.63) is 34.6 Å². The third kappa shape index (κ3) is 4.18. The van der Waals surface area contributed by atoms with E-state index in [4.69, 9.17) is 16.3 Å². The highest BCUT2D eigenvalue weighted by molar-refractivity contribution is 6.30. The van der Waals surface area contributed by atoms with Gasteiger partial charge in [0.05, 0.1) is 11.1 Å². The Labute approximate surface area is 125 Å². The van der Waals surface area contributed by atoms with E-state index in [9.17, 15) is 4.39 Å². The molecular formula is C16H23ClFNO.